The first-order valence-electron chi connectivity index (χ1n) is 7.45. The highest BCUT2D eigenvalue weighted by molar-refractivity contribution is 5.79. The molecule has 3 rings (SSSR count). The van der Waals surface area contributed by atoms with Crippen LogP contribution in [0.25, 0.3) is 0 Å². The third-order valence-electron chi connectivity index (χ3n) is 4.45. The molecule has 1 atom stereocenters. The second kappa shape index (κ2) is 5.93. The zero-order chi connectivity index (χ0) is 15.7. The molecule has 1 amide bonds. The van der Waals surface area contributed by atoms with Crippen LogP contribution in [0.15, 0.2) is 18.2 Å². The van der Waals surface area contributed by atoms with Gasteiger partial charge in [0.2, 0.25) is 5.91 Å². The van der Waals surface area contributed by atoms with E-state index in [1.54, 1.807) is 11.9 Å². The summed E-state index contributed by atoms with van der Waals surface area (Å²) < 4.78 is 32.8. The summed E-state index contributed by atoms with van der Waals surface area (Å²) in [5.41, 5.74) is 0.0984. The molecule has 2 fully saturated rings. The minimum atomic E-state index is -0.437. The number of hydrogen-bond acceptors (Lipinski definition) is 3. The molecule has 120 valence electrons. The molecule has 0 aliphatic carbocycles. The van der Waals surface area contributed by atoms with Gasteiger partial charge in [-0.3, -0.25) is 9.69 Å². The van der Waals surface area contributed by atoms with E-state index in [4.69, 9.17) is 4.74 Å². The highest BCUT2D eigenvalue weighted by Crippen LogP contribution is 2.34. The van der Waals surface area contributed by atoms with Crippen LogP contribution in [0.3, 0.4) is 0 Å². The molecule has 6 heteroatoms. The van der Waals surface area contributed by atoms with Gasteiger partial charge in [-0.15, -0.1) is 0 Å². The van der Waals surface area contributed by atoms with E-state index in [1.165, 1.54) is 6.07 Å². The van der Waals surface area contributed by atoms with Crippen LogP contribution in [0.2, 0.25) is 0 Å². The van der Waals surface area contributed by atoms with Crippen LogP contribution < -0.4 is 0 Å². The first kappa shape index (κ1) is 15.4. The average molecular weight is 310 g/mol. The van der Waals surface area contributed by atoms with Gasteiger partial charge in [-0.2, -0.15) is 0 Å². The molecule has 0 radical (unpaired) electrons. The second-order valence-electron chi connectivity index (χ2n) is 6.43. The van der Waals surface area contributed by atoms with E-state index in [2.05, 4.69) is 4.90 Å². The molecule has 2 heterocycles. The summed E-state index contributed by atoms with van der Waals surface area (Å²) in [7, 11) is 1.79. The monoisotopic (exact) mass is 310 g/mol. The van der Waals surface area contributed by atoms with Crippen molar-refractivity contribution in [3.63, 3.8) is 0 Å². The molecule has 1 aromatic carbocycles. The summed E-state index contributed by atoms with van der Waals surface area (Å²) in [6.07, 6.45) is 0.450. The highest BCUT2D eigenvalue weighted by atomic mass is 19.1. The van der Waals surface area contributed by atoms with Gasteiger partial charge in [-0.25, -0.2) is 8.78 Å². The minimum absolute atomic E-state index is 0.113. The van der Waals surface area contributed by atoms with Crippen LogP contribution in [0.1, 0.15) is 12.0 Å². The number of ether oxygens (including phenoxy) is 1. The van der Waals surface area contributed by atoms with Gasteiger partial charge in [0.05, 0.1) is 13.2 Å². The molecular weight excluding hydrogens is 290 g/mol. The van der Waals surface area contributed by atoms with Crippen LogP contribution in [-0.2, 0) is 16.1 Å². The number of benzene rings is 1. The first-order chi connectivity index (χ1) is 10.5. The topological polar surface area (TPSA) is 32.8 Å². The Balaban J connectivity index is 1.76. The van der Waals surface area contributed by atoms with Crippen molar-refractivity contribution in [1.29, 1.82) is 0 Å². The number of carbonyl (C=O) groups excluding carboxylic acids is 1. The van der Waals surface area contributed by atoms with Gasteiger partial charge in [0.15, 0.2) is 0 Å². The Labute approximate surface area is 128 Å². The molecule has 0 aromatic heterocycles. The van der Waals surface area contributed by atoms with Gasteiger partial charge in [-0.05, 0) is 18.2 Å². The molecule has 2 saturated heterocycles. The molecule has 4 nitrogen and oxygen atoms in total. The largest absolute Gasteiger partial charge is 0.379 e. The Kier molecular flexibility index (Phi) is 4.14. The lowest BCUT2D eigenvalue weighted by molar-refractivity contribution is -0.126. The van der Waals surface area contributed by atoms with E-state index in [9.17, 15) is 13.6 Å². The lowest BCUT2D eigenvalue weighted by atomic mass is 9.87. The maximum atomic E-state index is 13.8. The van der Waals surface area contributed by atoms with Gasteiger partial charge in [-0.1, -0.05) is 0 Å². The van der Waals surface area contributed by atoms with Crippen molar-refractivity contribution in [2.45, 2.75) is 13.0 Å². The third kappa shape index (κ3) is 3.13. The lowest BCUT2D eigenvalue weighted by Crippen LogP contribution is -2.40. The van der Waals surface area contributed by atoms with Crippen LogP contribution >= 0.6 is 0 Å². The van der Waals surface area contributed by atoms with E-state index in [0.29, 0.717) is 51.4 Å². The van der Waals surface area contributed by atoms with Crippen LogP contribution in [0, 0.1) is 17.0 Å². The van der Waals surface area contributed by atoms with Crippen LogP contribution in [0.4, 0.5) is 8.78 Å². The van der Waals surface area contributed by atoms with Crippen molar-refractivity contribution in [3.05, 3.63) is 35.4 Å². The molecule has 2 aliphatic rings. The number of likely N-dealkylation sites (tertiary alicyclic amines) is 1. The van der Waals surface area contributed by atoms with Gasteiger partial charge < -0.3 is 9.64 Å². The fraction of sp³-hybridized carbons (Fsp3) is 0.562. The quantitative estimate of drug-likeness (QED) is 0.833. The molecule has 2 aliphatic heterocycles. The Morgan fingerprint density at radius 1 is 1.32 bits per heavy atom. The van der Waals surface area contributed by atoms with E-state index in [0.717, 1.165) is 12.1 Å². The summed E-state index contributed by atoms with van der Waals surface area (Å²) in [6, 6.07) is 3.51. The van der Waals surface area contributed by atoms with E-state index in [-0.39, 0.29) is 11.3 Å². The molecular formula is C16H20F2N2O2. The number of halogens is 2. The first-order valence-corrected chi connectivity index (χ1v) is 7.45. The summed E-state index contributed by atoms with van der Waals surface area (Å²) >= 11 is 0. The summed E-state index contributed by atoms with van der Waals surface area (Å²) in [5, 5.41) is 0. The predicted octanol–water partition coefficient (Wildman–Crippen LogP) is 1.65. The predicted molar refractivity (Wildman–Crippen MR) is 77.1 cm³/mol. The van der Waals surface area contributed by atoms with Crippen molar-refractivity contribution in [2.24, 2.45) is 5.41 Å². The van der Waals surface area contributed by atoms with Crippen molar-refractivity contribution >= 4 is 5.91 Å². The molecule has 0 bridgehead atoms. The smallest absolute Gasteiger partial charge is 0.223 e. The molecule has 0 N–H and O–H groups in total. The number of amides is 1. The van der Waals surface area contributed by atoms with Crippen molar-refractivity contribution in [3.8, 4) is 0 Å². The van der Waals surface area contributed by atoms with E-state index >= 15 is 0 Å². The lowest BCUT2D eigenvalue weighted by Gasteiger charge is -2.30. The molecule has 0 saturated carbocycles. The fourth-order valence-corrected chi connectivity index (χ4v) is 3.43. The van der Waals surface area contributed by atoms with Gasteiger partial charge >= 0.3 is 0 Å². The Hall–Kier alpha value is -1.53. The number of hydrogen-bond donors (Lipinski definition) is 0. The number of nitrogens with zero attached hydrogens (tertiary/aromatic N) is 2. The normalized spacial score (nSPS) is 26.7. The fourth-order valence-electron chi connectivity index (χ4n) is 3.43. The van der Waals surface area contributed by atoms with Gasteiger partial charge in [0.25, 0.3) is 0 Å². The second-order valence-corrected chi connectivity index (χ2v) is 6.43. The highest BCUT2D eigenvalue weighted by Gasteiger charge is 2.44. The molecule has 22 heavy (non-hydrogen) atoms. The minimum Gasteiger partial charge on any atom is -0.379 e. The van der Waals surface area contributed by atoms with Crippen molar-refractivity contribution in [1.82, 2.24) is 9.80 Å². The standard InChI is InChI=1S/C16H20F2N2O2/c1-19-9-16(7-15(19)21)10-20(4-5-22-11-16)8-12-6-13(17)2-3-14(12)18/h2-3,6H,4-5,7-11H2,1H3. The average Bonchev–Trinajstić information content (AvgIpc) is 2.62. The van der Waals surface area contributed by atoms with Gasteiger partial charge in [0.1, 0.15) is 11.6 Å². The van der Waals surface area contributed by atoms with Crippen LogP contribution in [-0.4, -0.2) is 55.6 Å². The Morgan fingerprint density at radius 3 is 2.86 bits per heavy atom. The Morgan fingerprint density at radius 2 is 2.14 bits per heavy atom. The van der Waals surface area contributed by atoms with E-state index < -0.39 is 11.6 Å². The molecule has 1 aromatic rings. The van der Waals surface area contributed by atoms with Gasteiger partial charge in [0, 0.05) is 50.6 Å². The summed E-state index contributed by atoms with van der Waals surface area (Å²) in [5.74, 6) is -0.726. The maximum Gasteiger partial charge on any atom is 0.223 e. The molecule has 1 unspecified atom stereocenters. The maximum absolute atomic E-state index is 13.8. The third-order valence-corrected chi connectivity index (χ3v) is 4.45. The summed E-state index contributed by atoms with van der Waals surface area (Å²) in [4.78, 5) is 15.6. The number of rotatable bonds is 2. The van der Waals surface area contributed by atoms with E-state index in [1.807, 2.05) is 0 Å². The number of carbonyl (C=O) groups is 1. The zero-order valence-electron chi connectivity index (χ0n) is 12.6. The summed E-state index contributed by atoms with van der Waals surface area (Å²) in [6.45, 7) is 3.34. The van der Waals surface area contributed by atoms with Crippen LogP contribution in [0.5, 0.6) is 0 Å². The zero-order valence-corrected chi connectivity index (χ0v) is 12.6. The Bertz CT molecular complexity index is 581. The SMILES string of the molecule is CN1CC2(COCCN(Cc3cc(F)ccc3F)C2)CC1=O. The molecule has 1 spiro atoms. The van der Waals surface area contributed by atoms with Crippen molar-refractivity contribution in [2.75, 3.05) is 39.9 Å². The van der Waals surface area contributed by atoms with Crippen molar-refractivity contribution < 1.29 is 18.3 Å².